The van der Waals surface area contributed by atoms with E-state index in [4.69, 9.17) is 11.6 Å². The van der Waals surface area contributed by atoms with Gasteiger partial charge in [-0.2, -0.15) is 0 Å². The Morgan fingerprint density at radius 3 is 1.93 bits per heavy atom. The maximum atomic E-state index is 12.4. The molecule has 3 aromatic carbocycles. The van der Waals surface area contributed by atoms with Gasteiger partial charge in [0.1, 0.15) is 0 Å². The van der Waals surface area contributed by atoms with Crippen molar-refractivity contribution in [3.8, 4) is 0 Å². The molecule has 3 aromatic rings. The van der Waals surface area contributed by atoms with Gasteiger partial charge in [-0.25, -0.2) is 16.8 Å². The Kier molecular flexibility index (Phi) is 6.26. The molecule has 0 saturated carbocycles. The van der Waals surface area contributed by atoms with Gasteiger partial charge >= 0.3 is 0 Å². The molecule has 0 aliphatic rings. The van der Waals surface area contributed by atoms with Crippen molar-refractivity contribution in [2.24, 2.45) is 0 Å². The highest BCUT2D eigenvalue weighted by Gasteiger charge is 2.14. The first kappa shape index (κ1) is 20.9. The van der Waals surface area contributed by atoms with Crippen LogP contribution in [0.25, 0.3) is 6.08 Å². The summed E-state index contributed by atoms with van der Waals surface area (Å²) in [6.45, 7) is 0. The molecule has 29 heavy (non-hydrogen) atoms. The minimum absolute atomic E-state index is 0.0101. The largest absolute Gasteiger partial charge is 0.280 e. The molecule has 0 aliphatic carbocycles. The van der Waals surface area contributed by atoms with Gasteiger partial charge in [-0.3, -0.25) is 9.44 Å². The quantitative estimate of drug-likeness (QED) is 0.554. The molecule has 0 heterocycles. The lowest BCUT2D eigenvalue weighted by Crippen LogP contribution is -2.13. The third-order valence-corrected chi connectivity index (χ3v) is 6.54. The van der Waals surface area contributed by atoms with Crippen LogP contribution >= 0.6 is 11.6 Å². The van der Waals surface area contributed by atoms with Crippen LogP contribution in [0.15, 0.2) is 89.2 Å². The number of rotatable bonds is 7. The lowest BCUT2D eigenvalue weighted by molar-refractivity contribution is 0.601. The SMILES string of the molecule is O=S(=O)(/C=C/c1ccccc1Cl)Nc1ccc(S(=O)(=O)Nc2ccccc2)cc1. The molecule has 150 valence electrons. The van der Waals surface area contributed by atoms with Crippen molar-refractivity contribution in [2.45, 2.75) is 4.90 Å². The minimum Gasteiger partial charge on any atom is -0.280 e. The van der Waals surface area contributed by atoms with Crippen molar-refractivity contribution in [2.75, 3.05) is 9.44 Å². The smallest absolute Gasteiger partial charge is 0.261 e. The summed E-state index contributed by atoms with van der Waals surface area (Å²) >= 11 is 6.00. The van der Waals surface area contributed by atoms with Gasteiger partial charge in [0.15, 0.2) is 0 Å². The predicted octanol–water partition coefficient (Wildman–Crippen LogP) is 4.55. The lowest BCUT2D eigenvalue weighted by atomic mass is 10.2. The zero-order valence-corrected chi connectivity index (χ0v) is 17.4. The summed E-state index contributed by atoms with van der Waals surface area (Å²) in [7, 11) is -7.58. The molecule has 0 atom stereocenters. The summed E-state index contributed by atoms with van der Waals surface area (Å²) in [5, 5.41) is 1.43. The van der Waals surface area contributed by atoms with Crippen molar-refractivity contribution in [3.63, 3.8) is 0 Å². The van der Waals surface area contributed by atoms with Crippen LogP contribution in [0.2, 0.25) is 5.02 Å². The predicted molar refractivity (Wildman–Crippen MR) is 117 cm³/mol. The molecular formula is C20H17ClN2O4S2. The first-order valence-corrected chi connectivity index (χ1v) is 11.8. The second-order valence-corrected chi connectivity index (χ2v) is 9.62. The highest BCUT2D eigenvalue weighted by Crippen LogP contribution is 2.20. The van der Waals surface area contributed by atoms with Crippen molar-refractivity contribution < 1.29 is 16.8 Å². The number of sulfonamides is 2. The zero-order chi connectivity index (χ0) is 20.9. The molecule has 6 nitrogen and oxygen atoms in total. The average molecular weight is 449 g/mol. The third kappa shape index (κ3) is 5.83. The molecule has 0 unspecified atom stereocenters. The highest BCUT2D eigenvalue weighted by molar-refractivity contribution is 7.95. The Morgan fingerprint density at radius 2 is 1.28 bits per heavy atom. The van der Waals surface area contributed by atoms with E-state index in [9.17, 15) is 16.8 Å². The summed E-state index contributed by atoms with van der Waals surface area (Å²) < 4.78 is 54.1. The standard InChI is InChI=1S/C20H17ClN2O4S2/c21-20-9-5-4-6-16(20)14-15-28(24,25)22-18-10-12-19(13-11-18)29(26,27)23-17-7-2-1-3-8-17/h1-15,22-23H/b15-14+. The van der Waals surface area contributed by atoms with E-state index >= 15 is 0 Å². The fourth-order valence-corrected chi connectivity index (χ4v) is 4.51. The van der Waals surface area contributed by atoms with Crippen LogP contribution in [0.3, 0.4) is 0 Å². The summed E-state index contributed by atoms with van der Waals surface area (Å²) in [6.07, 6.45) is 1.38. The van der Waals surface area contributed by atoms with Gasteiger partial charge in [0, 0.05) is 16.4 Å². The molecule has 0 aromatic heterocycles. The number of hydrogen-bond acceptors (Lipinski definition) is 4. The summed E-state index contributed by atoms with van der Waals surface area (Å²) in [5.41, 5.74) is 1.22. The first-order chi connectivity index (χ1) is 13.8. The Bertz CT molecular complexity index is 1220. The molecular weight excluding hydrogens is 432 g/mol. The van der Waals surface area contributed by atoms with Crippen LogP contribution in [-0.4, -0.2) is 16.8 Å². The van der Waals surface area contributed by atoms with Gasteiger partial charge in [0.25, 0.3) is 20.0 Å². The van der Waals surface area contributed by atoms with Crippen molar-refractivity contribution in [3.05, 3.63) is 94.9 Å². The first-order valence-electron chi connectivity index (χ1n) is 8.39. The fraction of sp³-hybridized carbons (Fsp3) is 0. The van der Waals surface area contributed by atoms with Crippen LogP contribution in [0.5, 0.6) is 0 Å². The summed E-state index contributed by atoms with van der Waals surface area (Å²) in [5.74, 6) is 0. The monoisotopic (exact) mass is 448 g/mol. The number of nitrogens with one attached hydrogen (secondary N) is 2. The number of anilines is 2. The van der Waals surface area contributed by atoms with E-state index < -0.39 is 20.0 Å². The number of halogens is 1. The van der Waals surface area contributed by atoms with Crippen LogP contribution in [-0.2, 0) is 20.0 Å². The second kappa shape index (κ2) is 8.69. The molecule has 0 saturated heterocycles. The normalized spacial score (nSPS) is 12.0. The maximum absolute atomic E-state index is 12.4. The molecule has 0 amide bonds. The van der Waals surface area contributed by atoms with E-state index in [1.165, 1.54) is 30.3 Å². The van der Waals surface area contributed by atoms with Gasteiger partial charge < -0.3 is 0 Å². The van der Waals surface area contributed by atoms with Gasteiger partial charge in [-0.15, -0.1) is 0 Å². The van der Waals surface area contributed by atoms with E-state index in [1.54, 1.807) is 54.6 Å². The highest BCUT2D eigenvalue weighted by atomic mass is 35.5. The van der Waals surface area contributed by atoms with Crippen LogP contribution in [0, 0.1) is 0 Å². The minimum atomic E-state index is -3.80. The van der Waals surface area contributed by atoms with E-state index in [-0.39, 0.29) is 10.6 Å². The van der Waals surface area contributed by atoms with Gasteiger partial charge in [-0.1, -0.05) is 48.0 Å². The topological polar surface area (TPSA) is 92.3 Å². The van der Waals surface area contributed by atoms with Crippen molar-refractivity contribution in [1.82, 2.24) is 0 Å². The molecule has 0 aliphatic heterocycles. The zero-order valence-electron chi connectivity index (χ0n) is 15.0. The summed E-state index contributed by atoms with van der Waals surface area (Å²) in [4.78, 5) is 0.0101. The third-order valence-electron chi connectivity index (χ3n) is 3.78. The van der Waals surface area contributed by atoms with Crippen LogP contribution in [0.1, 0.15) is 5.56 Å². The molecule has 3 rings (SSSR count). The average Bonchev–Trinajstić information content (AvgIpc) is 2.68. The molecule has 0 spiro atoms. The second-order valence-electron chi connectivity index (χ2n) is 5.97. The van der Waals surface area contributed by atoms with E-state index in [0.29, 0.717) is 16.3 Å². The number of benzene rings is 3. The Morgan fingerprint density at radius 1 is 0.690 bits per heavy atom. The summed E-state index contributed by atoms with van der Waals surface area (Å²) in [6, 6.07) is 20.7. The molecule has 2 N–H and O–H groups in total. The van der Waals surface area contributed by atoms with E-state index in [2.05, 4.69) is 9.44 Å². The fourth-order valence-electron chi connectivity index (χ4n) is 2.39. The Balaban J connectivity index is 1.72. The Hall–Kier alpha value is -2.81. The van der Waals surface area contributed by atoms with E-state index in [0.717, 1.165) is 5.41 Å². The van der Waals surface area contributed by atoms with E-state index in [1.807, 2.05) is 0 Å². The molecule has 0 fully saturated rings. The van der Waals surface area contributed by atoms with Crippen molar-refractivity contribution in [1.29, 1.82) is 0 Å². The molecule has 0 bridgehead atoms. The maximum Gasteiger partial charge on any atom is 0.261 e. The van der Waals surface area contributed by atoms with Crippen LogP contribution in [0.4, 0.5) is 11.4 Å². The Labute approximate surface area is 175 Å². The van der Waals surface area contributed by atoms with Gasteiger partial charge in [0.05, 0.1) is 10.3 Å². The molecule has 9 heteroatoms. The lowest BCUT2D eigenvalue weighted by Gasteiger charge is -2.09. The molecule has 0 radical (unpaired) electrons. The number of para-hydroxylation sites is 1. The van der Waals surface area contributed by atoms with Gasteiger partial charge in [0.2, 0.25) is 0 Å². The van der Waals surface area contributed by atoms with Crippen LogP contribution < -0.4 is 9.44 Å². The van der Waals surface area contributed by atoms with Gasteiger partial charge in [-0.05, 0) is 54.1 Å². The van der Waals surface area contributed by atoms with Crippen molar-refractivity contribution >= 4 is 49.1 Å². The number of hydrogen-bond donors (Lipinski definition) is 2.